The molecule has 0 spiro atoms. The predicted molar refractivity (Wildman–Crippen MR) is 67.7 cm³/mol. The fourth-order valence-electron chi connectivity index (χ4n) is 1.93. The van der Waals surface area contributed by atoms with Gasteiger partial charge in [-0.1, -0.05) is 11.6 Å². The molecule has 1 atom stereocenters. The van der Waals surface area contributed by atoms with Crippen molar-refractivity contribution in [2.75, 3.05) is 18.4 Å². The Labute approximate surface area is 114 Å². The summed E-state index contributed by atoms with van der Waals surface area (Å²) in [4.78, 5) is 24.0. The van der Waals surface area contributed by atoms with Crippen LogP contribution >= 0.6 is 11.6 Å². The molecule has 0 aromatic heterocycles. The lowest BCUT2D eigenvalue weighted by Crippen LogP contribution is -2.34. The summed E-state index contributed by atoms with van der Waals surface area (Å²) in [7, 11) is 0. The zero-order valence-electron chi connectivity index (χ0n) is 9.90. The van der Waals surface area contributed by atoms with Gasteiger partial charge >= 0.3 is 12.0 Å². The van der Waals surface area contributed by atoms with Crippen LogP contribution < -0.4 is 5.32 Å². The number of hydrogen-bond donors (Lipinski definition) is 2. The third-order valence-corrected chi connectivity index (χ3v) is 3.23. The van der Waals surface area contributed by atoms with E-state index in [1.165, 1.54) is 17.0 Å². The second-order valence-corrected chi connectivity index (χ2v) is 4.76. The Morgan fingerprint density at radius 3 is 2.84 bits per heavy atom. The first kappa shape index (κ1) is 13.6. The van der Waals surface area contributed by atoms with Gasteiger partial charge in [0.05, 0.1) is 11.6 Å². The first-order valence-corrected chi connectivity index (χ1v) is 6.09. The quantitative estimate of drug-likeness (QED) is 0.877. The van der Waals surface area contributed by atoms with Gasteiger partial charge in [0.2, 0.25) is 0 Å². The lowest BCUT2D eigenvalue weighted by Gasteiger charge is -2.17. The average Bonchev–Trinajstić information content (AvgIpc) is 2.83. The normalized spacial score (nSPS) is 18.4. The fourth-order valence-corrected chi connectivity index (χ4v) is 2.11. The Balaban J connectivity index is 2.02. The number of carbonyl (C=O) groups excluding carboxylic acids is 1. The molecule has 2 N–H and O–H groups in total. The number of halogens is 2. The highest BCUT2D eigenvalue weighted by Crippen LogP contribution is 2.22. The van der Waals surface area contributed by atoms with Crippen LogP contribution in [-0.4, -0.2) is 35.1 Å². The first-order chi connectivity index (χ1) is 8.97. The van der Waals surface area contributed by atoms with E-state index >= 15 is 0 Å². The largest absolute Gasteiger partial charge is 0.481 e. The minimum Gasteiger partial charge on any atom is -0.481 e. The molecule has 1 aliphatic heterocycles. The Kier molecular flexibility index (Phi) is 3.90. The molecular formula is C12H12ClFN2O3. The number of aliphatic carboxylic acids is 1. The van der Waals surface area contributed by atoms with E-state index in [1.807, 2.05) is 0 Å². The third-order valence-electron chi connectivity index (χ3n) is 2.99. The summed E-state index contributed by atoms with van der Waals surface area (Å²) in [6.07, 6.45) is 0.404. The number of carbonyl (C=O) groups is 2. The predicted octanol–water partition coefficient (Wildman–Crippen LogP) is 2.42. The van der Waals surface area contributed by atoms with Crippen LogP contribution in [-0.2, 0) is 4.79 Å². The summed E-state index contributed by atoms with van der Waals surface area (Å²) in [5, 5.41) is 11.5. The summed E-state index contributed by atoms with van der Waals surface area (Å²) in [6.45, 7) is 0.467. The molecule has 1 aromatic carbocycles. The van der Waals surface area contributed by atoms with Crippen LogP contribution in [0.2, 0.25) is 5.02 Å². The van der Waals surface area contributed by atoms with Gasteiger partial charge < -0.3 is 15.3 Å². The third kappa shape index (κ3) is 3.14. The van der Waals surface area contributed by atoms with E-state index in [0.717, 1.165) is 6.07 Å². The van der Waals surface area contributed by atoms with Crippen molar-refractivity contribution < 1.29 is 19.1 Å². The van der Waals surface area contributed by atoms with Crippen molar-refractivity contribution in [2.24, 2.45) is 5.92 Å². The number of amides is 2. The van der Waals surface area contributed by atoms with Crippen molar-refractivity contribution in [3.8, 4) is 0 Å². The number of hydrogen-bond acceptors (Lipinski definition) is 2. The van der Waals surface area contributed by atoms with E-state index in [0.29, 0.717) is 18.0 Å². The Morgan fingerprint density at radius 2 is 2.21 bits per heavy atom. The number of benzene rings is 1. The number of carboxylic acids is 1. The monoisotopic (exact) mass is 286 g/mol. The minimum atomic E-state index is -0.927. The number of carboxylic acid groups (broad SMARTS) is 1. The van der Waals surface area contributed by atoms with Crippen LogP contribution in [0.25, 0.3) is 0 Å². The molecule has 1 saturated heterocycles. The number of anilines is 1. The van der Waals surface area contributed by atoms with Gasteiger partial charge in [0, 0.05) is 18.1 Å². The van der Waals surface area contributed by atoms with Gasteiger partial charge in [0.1, 0.15) is 5.82 Å². The number of rotatable bonds is 2. The van der Waals surface area contributed by atoms with Crippen molar-refractivity contribution in [1.82, 2.24) is 4.90 Å². The van der Waals surface area contributed by atoms with Crippen molar-refractivity contribution in [3.63, 3.8) is 0 Å². The number of nitrogens with one attached hydrogen (secondary N) is 1. The Morgan fingerprint density at radius 1 is 1.47 bits per heavy atom. The van der Waals surface area contributed by atoms with Gasteiger partial charge in [-0.15, -0.1) is 0 Å². The van der Waals surface area contributed by atoms with E-state index in [-0.39, 0.29) is 12.2 Å². The molecule has 7 heteroatoms. The standard InChI is InChI=1S/C12H12ClFN2O3/c13-8-1-2-9(14)10(5-8)15-12(19)16-4-3-7(6-16)11(17)18/h1-2,5,7H,3-4,6H2,(H,15,19)(H,17,18). The SMILES string of the molecule is O=C(O)C1CCN(C(=O)Nc2cc(Cl)ccc2F)C1. The molecular weight excluding hydrogens is 275 g/mol. The molecule has 0 saturated carbocycles. The summed E-state index contributed by atoms with van der Waals surface area (Å²) in [6, 6.07) is 3.31. The topological polar surface area (TPSA) is 69.6 Å². The van der Waals surface area contributed by atoms with Crippen molar-refractivity contribution in [1.29, 1.82) is 0 Å². The van der Waals surface area contributed by atoms with E-state index in [9.17, 15) is 14.0 Å². The second kappa shape index (κ2) is 5.44. The number of urea groups is 1. The second-order valence-electron chi connectivity index (χ2n) is 4.32. The maximum atomic E-state index is 13.4. The Hall–Kier alpha value is -1.82. The molecule has 0 bridgehead atoms. The number of nitrogens with zero attached hydrogens (tertiary/aromatic N) is 1. The van der Waals surface area contributed by atoms with Crippen LogP contribution in [0.1, 0.15) is 6.42 Å². The zero-order valence-corrected chi connectivity index (χ0v) is 10.7. The number of likely N-dealkylation sites (tertiary alicyclic amines) is 1. The van der Waals surface area contributed by atoms with Crippen LogP contribution in [0, 0.1) is 11.7 Å². The maximum Gasteiger partial charge on any atom is 0.321 e. The molecule has 1 heterocycles. The highest BCUT2D eigenvalue weighted by atomic mass is 35.5. The Bertz CT molecular complexity index is 524. The molecule has 19 heavy (non-hydrogen) atoms. The van der Waals surface area contributed by atoms with Gasteiger partial charge in [0.25, 0.3) is 0 Å². The minimum absolute atomic E-state index is 0.0173. The summed E-state index contributed by atoms with van der Waals surface area (Å²) < 4.78 is 13.4. The van der Waals surface area contributed by atoms with Crippen molar-refractivity contribution in [3.05, 3.63) is 29.0 Å². The smallest absolute Gasteiger partial charge is 0.321 e. The summed E-state index contributed by atoms with van der Waals surface area (Å²) in [5.41, 5.74) is -0.0173. The first-order valence-electron chi connectivity index (χ1n) is 5.71. The lowest BCUT2D eigenvalue weighted by atomic mass is 10.1. The highest BCUT2D eigenvalue weighted by molar-refractivity contribution is 6.30. The van der Waals surface area contributed by atoms with E-state index in [1.54, 1.807) is 0 Å². The molecule has 102 valence electrons. The molecule has 0 aliphatic carbocycles. The molecule has 2 amide bonds. The molecule has 1 fully saturated rings. The van der Waals surface area contributed by atoms with Gasteiger partial charge in [-0.05, 0) is 24.6 Å². The van der Waals surface area contributed by atoms with Crippen molar-refractivity contribution in [2.45, 2.75) is 6.42 Å². The van der Waals surface area contributed by atoms with E-state index in [4.69, 9.17) is 16.7 Å². The van der Waals surface area contributed by atoms with Crippen molar-refractivity contribution >= 4 is 29.3 Å². The molecule has 1 aliphatic rings. The van der Waals surface area contributed by atoms with Crippen LogP contribution in [0.5, 0.6) is 0 Å². The van der Waals surface area contributed by atoms with Crippen LogP contribution in [0.3, 0.4) is 0 Å². The summed E-state index contributed by atoms with van der Waals surface area (Å²) in [5.74, 6) is -2.08. The molecule has 0 radical (unpaired) electrons. The van der Waals surface area contributed by atoms with Gasteiger partial charge in [-0.2, -0.15) is 0 Å². The van der Waals surface area contributed by atoms with E-state index in [2.05, 4.69) is 5.32 Å². The molecule has 1 aromatic rings. The summed E-state index contributed by atoms with van der Waals surface area (Å²) >= 11 is 5.72. The van der Waals surface area contributed by atoms with Gasteiger partial charge in [-0.3, -0.25) is 4.79 Å². The molecule has 1 unspecified atom stereocenters. The lowest BCUT2D eigenvalue weighted by molar-refractivity contribution is -0.141. The highest BCUT2D eigenvalue weighted by Gasteiger charge is 2.31. The van der Waals surface area contributed by atoms with Crippen LogP contribution in [0.4, 0.5) is 14.9 Å². The maximum absolute atomic E-state index is 13.4. The van der Waals surface area contributed by atoms with Gasteiger partial charge in [0.15, 0.2) is 0 Å². The zero-order chi connectivity index (χ0) is 14.0. The average molecular weight is 287 g/mol. The molecule has 2 rings (SSSR count). The van der Waals surface area contributed by atoms with Gasteiger partial charge in [-0.25, -0.2) is 9.18 Å². The van der Waals surface area contributed by atoms with Crippen LogP contribution in [0.15, 0.2) is 18.2 Å². The fraction of sp³-hybridized carbons (Fsp3) is 0.333. The molecule has 5 nitrogen and oxygen atoms in total. The van der Waals surface area contributed by atoms with E-state index < -0.39 is 23.7 Å².